The van der Waals surface area contributed by atoms with Crippen molar-refractivity contribution < 1.29 is 14.7 Å². The fourth-order valence-electron chi connectivity index (χ4n) is 2.77. The maximum Gasteiger partial charge on any atom is 0.242 e. The van der Waals surface area contributed by atoms with Crippen molar-refractivity contribution in [2.45, 2.75) is 64.8 Å². The van der Waals surface area contributed by atoms with Crippen LogP contribution in [-0.2, 0) is 9.59 Å². The molecule has 0 aromatic heterocycles. The highest BCUT2D eigenvalue weighted by atomic mass is 16.3. The van der Waals surface area contributed by atoms with Gasteiger partial charge in [-0.05, 0) is 38.0 Å². The van der Waals surface area contributed by atoms with E-state index in [1.807, 2.05) is 6.92 Å². The van der Waals surface area contributed by atoms with Crippen molar-refractivity contribution >= 4 is 11.8 Å². The average Bonchev–Trinajstić information content (AvgIpc) is 2.45. The standard InChI is InChI=1S/C16H30N2O3/c1-12(8-9-19)11-17-16(21)13(2)18-15(20)10-14-6-4-3-5-7-14/h12-14,19H,3-11H2,1-2H3,(H,17,21)(H,18,20). The van der Waals surface area contributed by atoms with Gasteiger partial charge in [0.1, 0.15) is 6.04 Å². The summed E-state index contributed by atoms with van der Waals surface area (Å²) in [5.41, 5.74) is 0. The molecule has 1 aliphatic carbocycles. The van der Waals surface area contributed by atoms with Crippen LogP contribution in [0.5, 0.6) is 0 Å². The van der Waals surface area contributed by atoms with Crippen LogP contribution >= 0.6 is 0 Å². The highest BCUT2D eigenvalue weighted by Gasteiger charge is 2.20. The maximum atomic E-state index is 11.9. The van der Waals surface area contributed by atoms with Crippen LogP contribution < -0.4 is 10.6 Å². The molecule has 21 heavy (non-hydrogen) atoms. The van der Waals surface area contributed by atoms with Gasteiger partial charge >= 0.3 is 0 Å². The van der Waals surface area contributed by atoms with Crippen LogP contribution in [0.15, 0.2) is 0 Å². The number of hydrogen-bond acceptors (Lipinski definition) is 3. The minimum atomic E-state index is -0.498. The third-order valence-corrected chi connectivity index (χ3v) is 4.22. The van der Waals surface area contributed by atoms with Gasteiger partial charge < -0.3 is 15.7 Å². The highest BCUT2D eigenvalue weighted by Crippen LogP contribution is 2.26. The van der Waals surface area contributed by atoms with Crippen LogP contribution in [0.4, 0.5) is 0 Å². The van der Waals surface area contributed by atoms with Gasteiger partial charge in [0.15, 0.2) is 0 Å². The Labute approximate surface area is 127 Å². The van der Waals surface area contributed by atoms with E-state index in [1.54, 1.807) is 6.92 Å². The Kier molecular flexibility index (Phi) is 8.35. The van der Waals surface area contributed by atoms with E-state index >= 15 is 0 Å². The summed E-state index contributed by atoms with van der Waals surface area (Å²) in [5, 5.41) is 14.4. The van der Waals surface area contributed by atoms with Crippen LogP contribution in [0, 0.1) is 11.8 Å². The second-order valence-electron chi connectivity index (χ2n) is 6.36. The molecule has 2 unspecified atom stereocenters. The normalized spacial score (nSPS) is 18.8. The molecule has 5 heteroatoms. The summed E-state index contributed by atoms with van der Waals surface area (Å²) >= 11 is 0. The minimum Gasteiger partial charge on any atom is -0.396 e. The van der Waals surface area contributed by atoms with Crippen LogP contribution in [0.2, 0.25) is 0 Å². The van der Waals surface area contributed by atoms with Gasteiger partial charge in [0.25, 0.3) is 0 Å². The third kappa shape index (κ3) is 7.46. The molecule has 0 aromatic rings. The molecule has 2 atom stereocenters. The second-order valence-corrected chi connectivity index (χ2v) is 6.36. The average molecular weight is 298 g/mol. The Balaban J connectivity index is 2.22. The van der Waals surface area contributed by atoms with E-state index in [-0.39, 0.29) is 24.3 Å². The number of nitrogens with one attached hydrogen (secondary N) is 2. The lowest BCUT2D eigenvalue weighted by atomic mass is 9.87. The summed E-state index contributed by atoms with van der Waals surface area (Å²) in [6, 6.07) is -0.498. The third-order valence-electron chi connectivity index (χ3n) is 4.22. The molecule has 1 fully saturated rings. The van der Waals surface area contributed by atoms with Crippen LogP contribution in [0.25, 0.3) is 0 Å². The fourth-order valence-corrected chi connectivity index (χ4v) is 2.77. The summed E-state index contributed by atoms with van der Waals surface area (Å²) in [4.78, 5) is 23.8. The number of aliphatic hydroxyl groups is 1. The predicted octanol–water partition coefficient (Wildman–Crippen LogP) is 1.60. The van der Waals surface area contributed by atoms with E-state index in [0.29, 0.717) is 25.3 Å². The maximum absolute atomic E-state index is 11.9. The molecule has 122 valence electrons. The lowest BCUT2D eigenvalue weighted by Crippen LogP contribution is -2.46. The molecule has 3 N–H and O–H groups in total. The first-order chi connectivity index (χ1) is 10.0. The molecule has 1 aliphatic rings. The van der Waals surface area contributed by atoms with Gasteiger partial charge in [0, 0.05) is 19.6 Å². The van der Waals surface area contributed by atoms with Crippen molar-refractivity contribution in [2.75, 3.05) is 13.2 Å². The van der Waals surface area contributed by atoms with Gasteiger partial charge in [-0.1, -0.05) is 26.2 Å². The van der Waals surface area contributed by atoms with Crippen molar-refractivity contribution in [1.82, 2.24) is 10.6 Å². The first kappa shape index (κ1) is 18.0. The Bertz CT molecular complexity index is 327. The quantitative estimate of drug-likeness (QED) is 0.637. The molecule has 5 nitrogen and oxygen atoms in total. The van der Waals surface area contributed by atoms with E-state index in [1.165, 1.54) is 19.3 Å². The van der Waals surface area contributed by atoms with E-state index < -0.39 is 6.04 Å². The van der Waals surface area contributed by atoms with Gasteiger partial charge in [-0.2, -0.15) is 0 Å². The SMILES string of the molecule is CC(CCO)CNC(=O)C(C)NC(=O)CC1CCCCC1. The number of aliphatic hydroxyl groups excluding tert-OH is 1. The van der Waals surface area contributed by atoms with E-state index in [4.69, 9.17) is 5.11 Å². The minimum absolute atomic E-state index is 0.0204. The summed E-state index contributed by atoms with van der Waals surface area (Å²) in [6.45, 7) is 4.35. The first-order valence-electron chi connectivity index (χ1n) is 8.20. The van der Waals surface area contributed by atoms with Crippen molar-refractivity contribution in [1.29, 1.82) is 0 Å². The molecule has 1 rings (SSSR count). The number of hydrogen-bond donors (Lipinski definition) is 3. The zero-order valence-corrected chi connectivity index (χ0v) is 13.4. The van der Waals surface area contributed by atoms with Gasteiger partial charge in [0.2, 0.25) is 11.8 Å². The van der Waals surface area contributed by atoms with Gasteiger partial charge in [-0.25, -0.2) is 0 Å². The second kappa shape index (κ2) is 9.77. The molecule has 0 radical (unpaired) electrons. The molecule has 0 bridgehead atoms. The van der Waals surface area contributed by atoms with Gasteiger partial charge in [-0.3, -0.25) is 9.59 Å². The molecule has 0 heterocycles. The van der Waals surface area contributed by atoms with Crippen molar-refractivity contribution in [3.8, 4) is 0 Å². The molecule has 0 aromatic carbocycles. The van der Waals surface area contributed by atoms with Gasteiger partial charge in [0.05, 0.1) is 0 Å². The number of carbonyl (C=O) groups is 2. The van der Waals surface area contributed by atoms with Crippen molar-refractivity contribution in [3.63, 3.8) is 0 Å². The summed E-state index contributed by atoms with van der Waals surface area (Å²) < 4.78 is 0. The van der Waals surface area contributed by atoms with Crippen LogP contribution in [0.1, 0.15) is 58.8 Å². The summed E-state index contributed by atoms with van der Waals surface area (Å²) in [7, 11) is 0. The monoisotopic (exact) mass is 298 g/mol. The lowest BCUT2D eigenvalue weighted by Gasteiger charge is -2.22. The number of amides is 2. The molecule has 2 amide bonds. The molecule has 0 spiro atoms. The van der Waals surface area contributed by atoms with Gasteiger partial charge in [-0.15, -0.1) is 0 Å². The smallest absolute Gasteiger partial charge is 0.242 e. The number of carbonyl (C=O) groups excluding carboxylic acids is 2. The fraction of sp³-hybridized carbons (Fsp3) is 0.875. The highest BCUT2D eigenvalue weighted by molar-refractivity contribution is 5.87. The largest absolute Gasteiger partial charge is 0.396 e. The van der Waals surface area contributed by atoms with Crippen LogP contribution in [0.3, 0.4) is 0 Å². The lowest BCUT2D eigenvalue weighted by molar-refractivity contribution is -0.129. The molecule has 0 aliphatic heterocycles. The topological polar surface area (TPSA) is 78.4 Å². The zero-order valence-electron chi connectivity index (χ0n) is 13.4. The zero-order chi connectivity index (χ0) is 15.7. The Morgan fingerprint density at radius 2 is 1.86 bits per heavy atom. The number of rotatable bonds is 8. The predicted molar refractivity (Wildman–Crippen MR) is 82.7 cm³/mol. The van der Waals surface area contributed by atoms with E-state index in [0.717, 1.165) is 12.8 Å². The molecule has 1 saturated carbocycles. The van der Waals surface area contributed by atoms with Crippen molar-refractivity contribution in [2.24, 2.45) is 11.8 Å². The molecular weight excluding hydrogens is 268 g/mol. The summed E-state index contributed by atoms with van der Waals surface area (Å²) in [6.07, 6.45) is 7.19. The van der Waals surface area contributed by atoms with Crippen molar-refractivity contribution in [3.05, 3.63) is 0 Å². The molecule has 0 saturated heterocycles. The summed E-state index contributed by atoms with van der Waals surface area (Å²) in [5.74, 6) is 0.549. The Hall–Kier alpha value is -1.10. The molecular formula is C16H30N2O3. The van der Waals surface area contributed by atoms with E-state index in [9.17, 15) is 9.59 Å². The Morgan fingerprint density at radius 1 is 1.19 bits per heavy atom. The van der Waals surface area contributed by atoms with Crippen LogP contribution in [-0.4, -0.2) is 36.1 Å². The Morgan fingerprint density at radius 3 is 2.48 bits per heavy atom. The first-order valence-corrected chi connectivity index (χ1v) is 8.20. The van der Waals surface area contributed by atoms with E-state index in [2.05, 4.69) is 10.6 Å².